The second kappa shape index (κ2) is 5.72. The standard InChI is InChI=1S/C12H20N2O2/c1-8(13)12(14-2)10-7-9(15-3)5-6-11(10)16-4/h5-8,12,14H,13H2,1-4H3. The van der Waals surface area contributed by atoms with Crippen LogP contribution < -0.4 is 20.5 Å². The molecular formula is C12H20N2O2. The van der Waals surface area contributed by atoms with Crippen LogP contribution in [0.2, 0.25) is 0 Å². The Morgan fingerprint density at radius 2 is 1.94 bits per heavy atom. The van der Waals surface area contributed by atoms with E-state index < -0.39 is 0 Å². The van der Waals surface area contributed by atoms with E-state index in [0.717, 1.165) is 17.1 Å². The Labute approximate surface area is 96.7 Å². The number of hydrogen-bond acceptors (Lipinski definition) is 4. The van der Waals surface area contributed by atoms with Crippen LogP contribution in [0.15, 0.2) is 18.2 Å². The normalized spacial score (nSPS) is 14.3. The largest absolute Gasteiger partial charge is 0.497 e. The van der Waals surface area contributed by atoms with Gasteiger partial charge in [-0.15, -0.1) is 0 Å². The van der Waals surface area contributed by atoms with Crippen molar-refractivity contribution in [2.24, 2.45) is 5.73 Å². The topological polar surface area (TPSA) is 56.5 Å². The molecule has 0 aliphatic carbocycles. The third-order valence-electron chi connectivity index (χ3n) is 2.61. The monoisotopic (exact) mass is 224 g/mol. The van der Waals surface area contributed by atoms with E-state index in [9.17, 15) is 0 Å². The molecule has 2 unspecified atom stereocenters. The lowest BCUT2D eigenvalue weighted by Gasteiger charge is -2.23. The average molecular weight is 224 g/mol. The number of rotatable bonds is 5. The molecule has 0 amide bonds. The van der Waals surface area contributed by atoms with Crippen LogP contribution >= 0.6 is 0 Å². The van der Waals surface area contributed by atoms with Crippen molar-refractivity contribution in [3.8, 4) is 11.5 Å². The van der Waals surface area contributed by atoms with E-state index >= 15 is 0 Å². The highest BCUT2D eigenvalue weighted by Crippen LogP contribution is 2.30. The van der Waals surface area contributed by atoms with Crippen LogP contribution in [0.4, 0.5) is 0 Å². The van der Waals surface area contributed by atoms with E-state index in [1.165, 1.54) is 0 Å². The minimum Gasteiger partial charge on any atom is -0.497 e. The summed E-state index contributed by atoms with van der Waals surface area (Å²) in [6, 6.07) is 5.75. The Kier molecular flexibility index (Phi) is 4.58. The molecule has 90 valence electrons. The Hall–Kier alpha value is -1.26. The van der Waals surface area contributed by atoms with Crippen LogP contribution in [0.3, 0.4) is 0 Å². The summed E-state index contributed by atoms with van der Waals surface area (Å²) in [5.41, 5.74) is 6.95. The van der Waals surface area contributed by atoms with Crippen molar-refractivity contribution in [3.63, 3.8) is 0 Å². The van der Waals surface area contributed by atoms with Crippen molar-refractivity contribution in [3.05, 3.63) is 23.8 Å². The van der Waals surface area contributed by atoms with E-state index in [1.54, 1.807) is 14.2 Å². The van der Waals surface area contributed by atoms with Crippen LogP contribution in [0.5, 0.6) is 11.5 Å². The van der Waals surface area contributed by atoms with E-state index in [4.69, 9.17) is 15.2 Å². The quantitative estimate of drug-likeness (QED) is 0.792. The lowest BCUT2D eigenvalue weighted by molar-refractivity contribution is 0.385. The van der Waals surface area contributed by atoms with Gasteiger partial charge in [0.15, 0.2) is 0 Å². The van der Waals surface area contributed by atoms with Gasteiger partial charge in [0.05, 0.1) is 20.3 Å². The van der Waals surface area contributed by atoms with Gasteiger partial charge in [0.25, 0.3) is 0 Å². The number of methoxy groups -OCH3 is 2. The lowest BCUT2D eigenvalue weighted by Crippen LogP contribution is -2.33. The zero-order valence-electron chi connectivity index (χ0n) is 10.3. The molecule has 4 heteroatoms. The van der Waals surface area contributed by atoms with E-state index in [1.807, 2.05) is 32.2 Å². The van der Waals surface area contributed by atoms with Crippen LogP contribution in [-0.2, 0) is 0 Å². The molecule has 0 aliphatic rings. The first-order valence-electron chi connectivity index (χ1n) is 5.28. The maximum atomic E-state index is 5.94. The summed E-state index contributed by atoms with van der Waals surface area (Å²) >= 11 is 0. The lowest BCUT2D eigenvalue weighted by atomic mass is 10.00. The minimum atomic E-state index is -0.00833. The van der Waals surface area contributed by atoms with Gasteiger partial charge in [-0.3, -0.25) is 0 Å². The number of likely N-dealkylation sites (N-methyl/N-ethyl adjacent to an activating group) is 1. The summed E-state index contributed by atoms with van der Waals surface area (Å²) in [6.07, 6.45) is 0. The van der Waals surface area contributed by atoms with Crippen molar-refractivity contribution in [1.29, 1.82) is 0 Å². The zero-order valence-corrected chi connectivity index (χ0v) is 10.3. The second-order valence-corrected chi connectivity index (χ2v) is 3.73. The molecule has 4 nitrogen and oxygen atoms in total. The van der Waals surface area contributed by atoms with Gasteiger partial charge in [-0.25, -0.2) is 0 Å². The summed E-state index contributed by atoms with van der Waals surface area (Å²) in [4.78, 5) is 0. The summed E-state index contributed by atoms with van der Waals surface area (Å²) in [6.45, 7) is 1.96. The first-order chi connectivity index (χ1) is 7.63. The number of hydrogen-bond donors (Lipinski definition) is 2. The number of nitrogens with one attached hydrogen (secondary N) is 1. The summed E-state index contributed by atoms with van der Waals surface area (Å²) in [5, 5.41) is 3.18. The smallest absolute Gasteiger partial charge is 0.123 e. The van der Waals surface area contributed by atoms with Crippen molar-refractivity contribution in [2.45, 2.75) is 19.0 Å². The Bertz CT molecular complexity index is 340. The summed E-state index contributed by atoms with van der Waals surface area (Å²) in [5.74, 6) is 1.62. The molecule has 1 aromatic rings. The molecule has 0 saturated carbocycles. The van der Waals surface area contributed by atoms with Crippen molar-refractivity contribution < 1.29 is 9.47 Å². The first-order valence-corrected chi connectivity index (χ1v) is 5.28. The van der Waals surface area contributed by atoms with Crippen molar-refractivity contribution >= 4 is 0 Å². The van der Waals surface area contributed by atoms with Crippen LogP contribution in [0, 0.1) is 0 Å². The highest BCUT2D eigenvalue weighted by atomic mass is 16.5. The third kappa shape index (κ3) is 2.65. The van der Waals surface area contributed by atoms with Gasteiger partial charge >= 0.3 is 0 Å². The van der Waals surface area contributed by atoms with Crippen molar-refractivity contribution in [1.82, 2.24) is 5.32 Å². The van der Waals surface area contributed by atoms with Crippen molar-refractivity contribution in [2.75, 3.05) is 21.3 Å². The molecule has 0 aromatic heterocycles. The predicted molar refractivity (Wildman–Crippen MR) is 65.0 cm³/mol. The van der Waals surface area contributed by atoms with Gasteiger partial charge in [0.2, 0.25) is 0 Å². The highest BCUT2D eigenvalue weighted by molar-refractivity contribution is 5.42. The molecule has 0 saturated heterocycles. The molecule has 3 N–H and O–H groups in total. The number of ether oxygens (including phenoxy) is 2. The van der Waals surface area contributed by atoms with Gasteiger partial charge in [-0.1, -0.05) is 0 Å². The van der Waals surface area contributed by atoms with E-state index in [-0.39, 0.29) is 12.1 Å². The molecule has 0 radical (unpaired) electrons. The molecule has 0 heterocycles. The summed E-state index contributed by atoms with van der Waals surface area (Å²) < 4.78 is 10.5. The summed E-state index contributed by atoms with van der Waals surface area (Å²) in [7, 11) is 5.18. The molecular weight excluding hydrogens is 204 g/mol. The fourth-order valence-corrected chi connectivity index (χ4v) is 1.78. The molecule has 2 atom stereocenters. The van der Waals surface area contributed by atoms with Crippen LogP contribution in [0.25, 0.3) is 0 Å². The highest BCUT2D eigenvalue weighted by Gasteiger charge is 2.18. The van der Waals surface area contributed by atoms with Gasteiger partial charge in [0.1, 0.15) is 11.5 Å². The molecule has 0 spiro atoms. The SMILES string of the molecule is CNC(c1cc(OC)ccc1OC)C(C)N. The molecule has 16 heavy (non-hydrogen) atoms. The molecule has 1 rings (SSSR count). The fourth-order valence-electron chi connectivity index (χ4n) is 1.78. The molecule has 0 fully saturated rings. The minimum absolute atomic E-state index is 0.00833. The third-order valence-corrected chi connectivity index (χ3v) is 2.61. The van der Waals surface area contributed by atoms with E-state index in [0.29, 0.717) is 0 Å². The zero-order chi connectivity index (χ0) is 12.1. The molecule has 1 aromatic carbocycles. The predicted octanol–water partition coefficient (Wildman–Crippen LogP) is 1.31. The Balaban J connectivity index is 3.15. The fraction of sp³-hybridized carbons (Fsp3) is 0.500. The maximum Gasteiger partial charge on any atom is 0.123 e. The Morgan fingerprint density at radius 3 is 2.38 bits per heavy atom. The Morgan fingerprint density at radius 1 is 1.25 bits per heavy atom. The van der Waals surface area contributed by atoms with Gasteiger partial charge in [-0.2, -0.15) is 0 Å². The number of benzene rings is 1. The second-order valence-electron chi connectivity index (χ2n) is 3.73. The maximum absolute atomic E-state index is 5.94. The van der Waals surface area contributed by atoms with Gasteiger partial charge < -0.3 is 20.5 Å². The average Bonchev–Trinajstić information content (AvgIpc) is 2.29. The first kappa shape index (κ1) is 12.8. The van der Waals surface area contributed by atoms with Crippen LogP contribution in [0.1, 0.15) is 18.5 Å². The van der Waals surface area contributed by atoms with Gasteiger partial charge in [-0.05, 0) is 32.2 Å². The van der Waals surface area contributed by atoms with Gasteiger partial charge in [0, 0.05) is 11.6 Å². The van der Waals surface area contributed by atoms with Crippen LogP contribution in [-0.4, -0.2) is 27.3 Å². The van der Waals surface area contributed by atoms with E-state index in [2.05, 4.69) is 5.32 Å². The molecule has 0 bridgehead atoms. The molecule has 0 aliphatic heterocycles. The number of nitrogens with two attached hydrogens (primary N) is 1.